The Hall–Kier alpha value is -0.390. The Morgan fingerprint density at radius 2 is 2.00 bits per heavy atom. The molecule has 0 bridgehead atoms. The number of benzene rings is 1. The van der Waals surface area contributed by atoms with Gasteiger partial charge in [-0.2, -0.15) is 0 Å². The topological polar surface area (TPSA) is 35.4 Å². The van der Waals surface area contributed by atoms with Gasteiger partial charge in [-0.15, -0.1) is 0 Å². The van der Waals surface area contributed by atoms with Crippen molar-refractivity contribution in [3.8, 4) is 0 Å². The van der Waals surface area contributed by atoms with Crippen LogP contribution in [0.5, 0.6) is 0 Å². The van der Waals surface area contributed by atoms with Gasteiger partial charge in [0, 0.05) is 5.56 Å². The highest BCUT2D eigenvalue weighted by Gasteiger charge is 2.26. The maximum atomic E-state index is 13.3. The Bertz CT molecular complexity index is 443. The fourth-order valence-corrected chi connectivity index (χ4v) is 1.91. The number of hydrogen-bond donors (Lipinski definition) is 0. The van der Waals surface area contributed by atoms with Crippen molar-refractivity contribution in [3.05, 3.63) is 34.1 Å². The van der Waals surface area contributed by atoms with Gasteiger partial charge in [0.15, 0.2) is 0 Å². The highest BCUT2D eigenvalue weighted by Crippen LogP contribution is 2.20. The fraction of sp³-hybridized carbons (Fsp3) is 0.417. The Balaban J connectivity index is 3.00. The lowest BCUT2D eigenvalue weighted by atomic mass is 10.1. The molecular formula is C12H15BrFNOS. The van der Waals surface area contributed by atoms with Crippen molar-refractivity contribution in [1.82, 2.24) is 0 Å². The molecule has 0 aliphatic rings. The van der Waals surface area contributed by atoms with Gasteiger partial charge in [0.05, 0.1) is 10.2 Å². The maximum Gasteiger partial charge on any atom is 0.144 e. The predicted molar refractivity (Wildman–Crippen MR) is 74.2 cm³/mol. The minimum Gasteiger partial charge on any atom is -0.591 e. The quantitative estimate of drug-likeness (QED) is 0.602. The Kier molecular flexibility index (Phi) is 4.75. The minimum atomic E-state index is -1.33. The van der Waals surface area contributed by atoms with Crippen molar-refractivity contribution in [3.63, 3.8) is 0 Å². The molecule has 17 heavy (non-hydrogen) atoms. The van der Waals surface area contributed by atoms with Gasteiger partial charge < -0.3 is 4.55 Å². The van der Waals surface area contributed by atoms with Gasteiger partial charge in [0.25, 0.3) is 0 Å². The summed E-state index contributed by atoms with van der Waals surface area (Å²) in [6.45, 7) is 7.28. The zero-order chi connectivity index (χ0) is 13.2. The molecule has 0 N–H and O–H groups in total. The molecule has 0 aromatic heterocycles. The van der Waals surface area contributed by atoms with Crippen molar-refractivity contribution < 1.29 is 8.94 Å². The van der Waals surface area contributed by atoms with Crippen LogP contribution in [0.2, 0.25) is 0 Å². The Morgan fingerprint density at radius 3 is 2.47 bits per heavy atom. The molecule has 0 fully saturated rings. The molecule has 0 unspecified atom stereocenters. The van der Waals surface area contributed by atoms with Gasteiger partial charge in [-0.3, -0.25) is 0 Å². The van der Waals surface area contributed by atoms with E-state index in [2.05, 4.69) is 20.3 Å². The van der Waals surface area contributed by atoms with Gasteiger partial charge in [0.1, 0.15) is 21.9 Å². The first-order valence-electron chi connectivity index (χ1n) is 5.14. The number of hydrogen-bond acceptors (Lipinski definition) is 2. The molecule has 5 heteroatoms. The normalized spacial score (nSPS) is 14.9. The number of rotatable bonds is 2. The molecule has 94 valence electrons. The molecule has 2 nitrogen and oxygen atoms in total. The van der Waals surface area contributed by atoms with Gasteiger partial charge >= 0.3 is 0 Å². The number of nitrogens with zero attached hydrogens (tertiary/aromatic N) is 1. The summed E-state index contributed by atoms with van der Waals surface area (Å²) < 4.78 is 29.3. The second-order valence-corrected chi connectivity index (χ2v) is 7.43. The second kappa shape index (κ2) is 5.50. The molecule has 1 aromatic rings. The molecule has 0 saturated carbocycles. The minimum absolute atomic E-state index is 0.349. The van der Waals surface area contributed by atoms with Crippen LogP contribution in [0, 0.1) is 5.82 Å². The van der Waals surface area contributed by atoms with Crippen LogP contribution in [0.1, 0.15) is 33.3 Å². The van der Waals surface area contributed by atoms with E-state index in [4.69, 9.17) is 0 Å². The van der Waals surface area contributed by atoms with E-state index in [1.165, 1.54) is 6.07 Å². The molecular weight excluding hydrogens is 305 g/mol. The summed E-state index contributed by atoms with van der Waals surface area (Å²) in [5.41, 5.74) is 1.22. The van der Waals surface area contributed by atoms with Crippen molar-refractivity contribution in [1.29, 1.82) is 0 Å². The SMILES string of the molecule is CC(=N[S@@+]([O-])C(C)(C)C)c1ccc(Br)c(F)c1. The first kappa shape index (κ1) is 14.7. The van der Waals surface area contributed by atoms with Gasteiger partial charge in [0.2, 0.25) is 0 Å². The van der Waals surface area contributed by atoms with Crippen molar-refractivity contribution in [2.45, 2.75) is 32.4 Å². The average Bonchev–Trinajstić information content (AvgIpc) is 2.20. The molecule has 1 atom stereocenters. The largest absolute Gasteiger partial charge is 0.591 e. The smallest absolute Gasteiger partial charge is 0.144 e. The molecule has 1 rings (SSSR count). The molecule has 0 saturated heterocycles. The summed E-state index contributed by atoms with van der Waals surface area (Å²) in [4.78, 5) is 0. The van der Waals surface area contributed by atoms with E-state index in [0.717, 1.165) is 0 Å². The molecule has 0 aliphatic carbocycles. The van der Waals surface area contributed by atoms with E-state index in [9.17, 15) is 8.94 Å². The van der Waals surface area contributed by atoms with Gasteiger partial charge in [-0.1, -0.05) is 10.5 Å². The summed E-state index contributed by atoms with van der Waals surface area (Å²) in [5, 5.41) is 0. The molecule has 0 heterocycles. The molecule has 0 aliphatic heterocycles. The highest BCUT2D eigenvalue weighted by molar-refractivity contribution is 9.10. The van der Waals surface area contributed by atoms with Gasteiger partial charge in [-0.05, 0) is 55.8 Å². The van der Waals surface area contributed by atoms with Crippen molar-refractivity contribution in [2.24, 2.45) is 4.40 Å². The lowest BCUT2D eigenvalue weighted by Gasteiger charge is -2.18. The first-order valence-corrected chi connectivity index (χ1v) is 7.04. The average molecular weight is 320 g/mol. The van der Waals surface area contributed by atoms with Crippen LogP contribution in [0.25, 0.3) is 0 Å². The van der Waals surface area contributed by atoms with E-state index >= 15 is 0 Å². The van der Waals surface area contributed by atoms with Crippen LogP contribution in [-0.2, 0) is 11.4 Å². The van der Waals surface area contributed by atoms with E-state index < -0.39 is 16.1 Å². The summed E-state index contributed by atoms with van der Waals surface area (Å²) in [6, 6.07) is 4.73. The lowest BCUT2D eigenvalue weighted by molar-refractivity contribution is 0.561. The van der Waals surface area contributed by atoms with Crippen molar-refractivity contribution >= 4 is 33.0 Å². The monoisotopic (exact) mass is 319 g/mol. The molecule has 0 radical (unpaired) electrons. The third-order valence-electron chi connectivity index (χ3n) is 2.08. The zero-order valence-electron chi connectivity index (χ0n) is 10.3. The first-order chi connectivity index (χ1) is 7.71. The molecule has 0 amide bonds. The van der Waals surface area contributed by atoms with Crippen LogP contribution in [0.4, 0.5) is 4.39 Å². The van der Waals surface area contributed by atoms with Crippen LogP contribution in [-0.4, -0.2) is 15.0 Å². The summed E-state index contributed by atoms with van der Waals surface area (Å²) >= 11 is 1.76. The van der Waals surface area contributed by atoms with Crippen LogP contribution in [0.15, 0.2) is 27.1 Å². The second-order valence-electron chi connectivity index (χ2n) is 4.67. The van der Waals surface area contributed by atoms with E-state index in [1.54, 1.807) is 19.1 Å². The molecule has 0 spiro atoms. The van der Waals surface area contributed by atoms with Crippen LogP contribution < -0.4 is 0 Å². The van der Waals surface area contributed by atoms with E-state index in [1.807, 2.05) is 20.8 Å². The summed E-state index contributed by atoms with van der Waals surface area (Å²) in [7, 11) is 0. The van der Waals surface area contributed by atoms with Crippen LogP contribution in [0.3, 0.4) is 0 Å². The van der Waals surface area contributed by atoms with E-state index in [0.29, 0.717) is 15.7 Å². The summed E-state index contributed by atoms with van der Waals surface area (Å²) in [6.07, 6.45) is 0. The van der Waals surface area contributed by atoms with Crippen molar-refractivity contribution in [2.75, 3.05) is 0 Å². The predicted octanol–water partition coefficient (Wildman–Crippen LogP) is 3.86. The maximum absolute atomic E-state index is 13.3. The standard InChI is InChI=1S/C12H15BrFNOS/c1-8(15-17(16)12(2,3)4)9-5-6-10(13)11(14)7-9/h5-7H,1-4H3/t17-/m0/s1. The van der Waals surface area contributed by atoms with Gasteiger partial charge in [-0.25, -0.2) is 4.39 Å². The Labute approximate surface area is 113 Å². The summed E-state index contributed by atoms with van der Waals surface area (Å²) in [5.74, 6) is -0.349. The molecule has 1 aromatic carbocycles. The fourth-order valence-electron chi connectivity index (χ4n) is 1.04. The van der Waals surface area contributed by atoms with E-state index in [-0.39, 0.29) is 5.82 Å². The third-order valence-corrected chi connectivity index (χ3v) is 4.21. The lowest BCUT2D eigenvalue weighted by Crippen LogP contribution is -2.26. The Morgan fingerprint density at radius 1 is 1.41 bits per heavy atom. The number of halogens is 2. The van der Waals surface area contributed by atoms with Crippen LogP contribution >= 0.6 is 15.9 Å². The third kappa shape index (κ3) is 4.08. The highest BCUT2D eigenvalue weighted by atomic mass is 79.9. The zero-order valence-corrected chi connectivity index (χ0v) is 12.7.